The number of piperazine rings is 1. The van der Waals surface area contributed by atoms with Crippen LogP contribution in [0.4, 0.5) is 4.39 Å². The predicted octanol–water partition coefficient (Wildman–Crippen LogP) is 4.97. The number of benzene rings is 3. The Bertz CT molecular complexity index is 1350. The smallest absolute Gasteiger partial charge is 0.254 e. The van der Waals surface area contributed by atoms with E-state index in [-0.39, 0.29) is 11.7 Å². The molecule has 0 spiro atoms. The summed E-state index contributed by atoms with van der Waals surface area (Å²) in [6.45, 7) is 2.67. The molecule has 2 heterocycles. The SMILES string of the molecule is O=C(c1ccc(F)cc1)c1c[nH]c2cccc(C(=O)N3CCN(C=Cc4ccccc4)CC3)c12. The fourth-order valence-corrected chi connectivity index (χ4v) is 4.30. The third kappa shape index (κ3) is 4.35. The maximum Gasteiger partial charge on any atom is 0.254 e. The summed E-state index contributed by atoms with van der Waals surface area (Å²) in [5.74, 6) is -0.739. The Kier molecular flexibility index (Phi) is 5.95. The van der Waals surface area contributed by atoms with E-state index in [9.17, 15) is 14.0 Å². The van der Waals surface area contributed by atoms with Gasteiger partial charge in [0.05, 0.1) is 0 Å². The van der Waals surface area contributed by atoms with Gasteiger partial charge >= 0.3 is 0 Å². The summed E-state index contributed by atoms with van der Waals surface area (Å²) in [4.78, 5) is 33.7. The molecular formula is C28H24FN3O2. The summed E-state index contributed by atoms with van der Waals surface area (Å²) in [7, 11) is 0. The summed E-state index contributed by atoms with van der Waals surface area (Å²) < 4.78 is 13.3. The maximum atomic E-state index is 13.5. The second-order valence-corrected chi connectivity index (χ2v) is 8.32. The Morgan fingerprint density at radius 2 is 1.56 bits per heavy atom. The van der Waals surface area contributed by atoms with Gasteiger partial charge in [0.1, 0.15) is 5.82 Å². The zero-order valence-electron chi connectivity index (χ0n) is 18.6. The van der Waals surface area contributed by atoms with Crippen molar-refractivity contribution in [3.05, 3.63) is 113 Å². The summed E-state index contributed by atoms with van der Waals surface area (Å²) in [5, 5.41) is 0.605. The van der Waals surface area contributed by atoms with Crippen molar-refractivity contribution in [1.29, 1.82) is 0 Å². The van der Waals surface area contributed by atoms with Crippen molar-refractivity contribution in [2.45, 2.75) is 0 Å². The molecule has 1 amide bonds. The number of fused-ring (bicyclic) bond motifs is 1. The van der Waals surface area contributed by atoms with E-state index in [0.717, 1.165) is 24.2 Å². The first-order valence-corrected chi connectivity index (χ1v) is 11.3. The van der Waals surface area contributed by atoms with Gasteiger partial charge in [-0.2, -0.15) is 0 Å². The fourth-order valence-electron chi connectivity index (χ4n) is 4.30. The highest BCUT2D eigenvalue weighted by molar-refractivity contribution is 6.20. The van der Waals surface area contributed by atoms with Crippen molar-refractivity contribution in [1.82, 2.24) is 14.8 Å². The van der Waals surface area contributed by atoms with E-state index in [2.05, 4.69) is 34.3 Å². The Labute approximate surface area is 197 Å². The lowest BCUT2D eigenvalue weighted by molar-refractivity contribution is 0.0682. The molecule has 1 N–H and O–H groups in total. The van der Waals surface area contributed by atoms with E-state index in [1.54, 1.807) is 12.3 Å². The van der Waals surface area contributed by atoms with Crippen LogP contribution < -0.4 is 0 Å². The van der Waals surface area contributed by atoms with Crippen LogP contribution in [-0.4, -0.2) is 52.7 Å². The van der Waals surface area contributed by atoms with E-state index in [1.165, 1.54) is 24.3 Å². The highest BCUT2D eigenvalue weighted by Crippen LogP contribution is 2.26. The number of nitrogens with zero attached hydrogens (tertiary/aromatic N) is 2. The molecule has 170 valence electrons. The van der Waals surface area contributed by atoms with Crippen LogP contribution in [-0.2, 0) is 0 Å². The van der Waals surface area contributed by atoms with Crippen LogP contribution in [0.25, 0.3) is 17.0 Å². The Hall–Kier alpha value is -4.19. The van der Waals surface area contributed by atoms with Crippen molar-refractivity contribution in [3.8, 4) is 0 Å². The average molecular weight is 454 g/mol. The molecule has 5 nitrogen and oxygen atoms in total. The number of rotatable bonds is 5. The standard InChI is InChI=1S/C28H24FN3O2/c29-22-11-9-21(10-12-22)27(33)24-19-30-25-8-4-7-23(26(24)25)28(34)32-17-15-31(16-18-32)14-13-20-5-2-1-3-6-20/h1-14,19,30H,15-18H2. The average Bonchev–Trinajstić information content (AvgIpc) is 3.32. The van der Waals surface area contributed by atoms with Gasteiger partial charge in [0.25, 0.3) is 5.91 Å². The molecule has 1 saturated heterocycles. The molecule has 4 aromatic rings. The van der Waals surface area contributed by atoms with Crippen LogP contribution in [0.15, 0.2) is 85.2 Å². The van der Waals surface area contributed by atoms with Gasteiger partial charge < -0.3 is 14.8 Å². The van der Waals surface area contributed by atoms with Gasteiger partial charge in [-0.3, -0.25) is 9.59 Å². The van der Waals surface area contributed by atoms with Gasteiger partial charge in [-0.25, -0.2) is 4.39 Å². The van der Waals surface area contributed by atoms with Gasteiger partial charge in [-0.05, 0) is 54.2 Å². The first-order chi connectivity index (χ1) is 16.6. The molecule has 5 rings (SSSR count). The normalized spacial score (nSPS) is 14.1. The lowest BCUT2D eigenvalue weighted by Gasteiger charge is -2.34. The quantitative estimate of drug-likeness (QED) is 0.434. The molecule has 34 heavy (non-hydrogen) atoms. The monoisotopic (exact) mass is 453 g/mol. The third-order valence-electron chi connectivity index (χ3n) is 6.17. The summed E-state index contributed by atoms with van der Waals surface area (Å²) in [6, 6.07) is 21.0. The first-order valence-electron chi connectivity index (χ1n) is 11.3. The second kappa shape index (κ2) is 9.35. The number of amides is 1. The first kappa shape index (κ1) is 21.6. The number of hydrogen-bond acceptors (Lipinski definition) is 3. The zero-order valence-corrected chi connectivity index (χ0v) is 18.6. The molecule has 0 atom stereocenters. The molecule has 0 aliphatic carbocycles. The van der Waals surface area contributed by atoms with Gasteiger partial charge in [0.2, 0.25) is 0 Å². The van der Waals surface area contributed by atoms with Crippen LogP contribution in [0.2, 0.25) is 0 Å². The molecule has 3 aromatic carbocycles. The minimum Gasteiger partial charge on any atom is -0.374 e. The number of ketones is 1. The molecule has 6 heteroatoms. The maximum absolute atomic E-state index is 13.5. The number of carbonyl (C=O) groups excluding carboxylic acids is 2. The van der Waals surface area contributed by atoms with Crippen molar-refractivity contribution >= 4 is 28.7 Å². The Balaban J connectivity index is 1.35. The van der Waals surface area contributed by atoms with Crippen LogP contribution in [0.5, 0.6) is 0 Å². The highest BCUT2D eigenvalue weighted by Gasteiger charge is 2.25. The van der Waals surface area contributed by atoms with Crippen LogP contribution in [0, 0.1) is 5.82 Å². The van der Waals surface area contributed by atoms with Gasteiger partial charge in [0.15, 0.2) is 5.78 Å². The number of H-pyrrole nitrogens is 1. The lowest BCUT2D eigenvalue weighted by atomic mass is 9.98. The number of aromatic amines is 1. The highest BCUT2D eigenvalue weighted by atomic mass is 19.1. The lowest BCUT2D eigenvalue weighted by Crippen LogP contribution is -2.46. The van der Waals surface area contributed by atoms with E-state index in [1.807, 2.05) is 35.2 Å². The summed E-state index contributed by atoms with van der Waals surface area (Å²) >= 11 is 0. The minimum absolute atomic E-state index is 0.0926. The van der Waals surface area contributed by atoms with Crippen molar-refractivity contribution in [3.63, 3.8) is 0 Å². The largest absolute Gasteiger partial charge is 0.374 e. The van der Waals surface area contributed by atoms with Gasteiger partial charge in [-0.15, -0.1) is 0 Å². The fraction of sp³-hybridized carbons (Fsp3) is 0.143. The van der Waals surface area contributed by atoms with Crippen molar-refractivity contribution in [2.24, 2.45) is 0 Å². The summed E-state index contributed by atoms with van der Waals surface area (Å²) in [6.07, 6.45) is 5.77. The topological polar surface area (TPSA) is 56.4 Å². The Morgan fingerprint density at radius 1 is 0.824 bits per heavy atom. The number of carbonyl (C=O) groups is 2. The zero-order chi connectivity index (χ0) is 23.5. The third-order valence-corrected chi connectivity index (χ3v) is 6.17. The minimum atomic E-state index is -0.399. The number of hydrogen-bond donors (Lipinski definition) is 1. The molecular weight excluding hydrogens is 429 g/mol. The van der Waals surface area contributed by atoms with E-state index < -0.39 is 5.82 Å². The number of aromatic nitrogens is 1. The molecule has 1 aromatic heterocycles. The van der Waals surface area contributed by atoms with Crippen LogP contribution in [0.1, 0.15) is 31.8 Å². The number of halogens is 1. The van der Waals surface area contributed by atoms with E-state index in [4.69, 9.17) is 0 Å². The van der Waals surface area contributed by atoms with Crippen LogP contribution >= 0.6 is 0 Å². The molecule has 0 bridgehead atoms. The predicted molar refractivity (Wildman–Crippen MR) is 131 cm³/mol. The molecule has 0 saturated carbocycles. The molecule has 0 radical (unpaired) electrons. The van der Waals surface area contributed by atoms with Crippen molar-refractivity contribution < 1.29 is 14.0 Å². The molecule has 1 aliphatic rings. The van der Waals surface area contributed by atoms with Crippen LogP contribution in [0.3, 0.4) is 0 Å². The molecule has 0 unspecified atom stereocenters. The van der Waals surface area contributed by atoms with Gasteiger partial charge in [-0.1, -0.05) is 36.4 Å². The van der Waals surface area contributed by atoms with E-state index >= 15 is 0 Å². The number of nitrogens with one attached hydrogen (secondary N) is 1. The van der Waals surface area contributed by atoms with Gasteiger partial charge in [0, 0.05) is 60.0 Å². The van der Waals surface area contributed by atoms with Crippen molar-refractivity contribution in [2.75, 3.05) is 26.2 Å². The molecule has 1 aliphatic heterocycles. The second-order valence-electron chi connectivity index (χ2n) is 8.32. The molecule has 1 fully saturated rings. The Morgan fingerprint density at radius 3 is 2.29 bits per heavy atom. The van der Waals surface area contributed by atoms with E-state index in [0.29, 0.717) is 35.2 Å². The summed E-state index contributed by atoms with van der Waals surface area (Å²) in [5.41, 5.74) is 3.15.